The van der Waals surface area contributed by atoms with E-state index in [1.807, 2.05) is 0 Å². The Morgan fingerprint density at radius 1 is 0.963 bits per heavy atom. The van der Waals surface area contributed by atoms with Gasteiger partial charge in [0.15, 0.2) is 0 Å². The third kappa shape index (κ3) is 5.23. The summed E-state index contributed by atoms with van der Waals surface area (Å²) in [5.41, 5.74) is 1.33. The van der Waals surface area contributed by atoms with E-state index in [0.29, 0.717) is 24.5 Å². The Morgan fingerprint density at radius 3 is 2.37 bits per heavy atom. The SMILES string of the molecule is OC[C@@H]1CN(Cc2ccc(OC3CCCC3)cc2)C[C@@H]1CN1CCOCC1. The highest BCUT2D eigenvalue weighted by Crippen LogP contribution is 2.27. The van der Waals surface area contributed by atoms with E-state index in [0.717, 1.165) is 58.2 Å². The zero-order valence-electron chi connectivity index (χ0n) is 16.4. The number of likely N-dealkylation sites (tertiary alicyclic amines) is 1. The van der Waals surface area contributed by atoms with Crippen LogP contribution in [0.25, 0.3) is 0 Å². The van der Waals surface area contributed by atoms with Gasteiger partial charge in [-0.05, 0) is 55.2 Å². The molecular weight excluding hydrogens is 340 g/mol. The van der Waals surface area contributed by atoms with Crippen molar-refractivity contribution < 1.29 is 14.6 Å². The summed E-state index contributed by atoms with van der Waals surface area (Å²) in [4.78, 5) is 4.99. The van der Waals surface area contributed by atoms with Crippen molar-refractivity contribution >= 4 is 0 Å². The molecule has 1 N–H and O–H groups in total. The van der Waals surface area contributed by atoms with E-state index >= 15 is 0 Å². The Labute approximate surface area is 163 Å². The molecule has 4 rings (SSSR count). The van der Waals surface area contributed by atoms with Crippen LogP contribution in [-0.2, 0) is 11.3 Å². The van der Waals surface area contributed by atoms with Gasteiger partial charge in [0.25, 0.3) is 0 Å². The standard InChI is InChI=1S/C22H34N2O3/c25-17-20-16-24(15-19(20)14-23-9-11-26-12-10-23)13-18-5-7-22(8-6-18)27-21-3-1-2-4-21/h5-8,19-21,25H,1-4,9-17H2/t19-,20-/m0/s1. The second kappa shape index (κ2) is 9.37. The van der Waals surface area contributed by atoms with E-state index in [1.165, 1.54) is 31.2 Å². The van der Waals surface area contributed by atoms with Crippen LogP contribution in [0.2, 0.25) is 0 Å². The molecular formula is C22H34N2O3. The molecule has 2 aliphatic heterocycles. The molecule has 0 radical (unpaired) electrons. The fourth-order valence-electron chi connectivity index (χ4n) is 4.82. The number of benzene rings is 1. The zero-order valence-corrected chi connectivity index (χ0v) is 16.4. The summed E-state index contributed by atoms with van der Waals surface area (Å²) in [6, 6.07) is 8.65. The van der Waals surface area contributed by atoms with Crippen LogP contribution in [0.1, 0.15) is 31.2 Å². The molecule has 2 saturated heterocycles. The summed E-state index contributed by atoms with van der Waals surface area (Å²) in [7, 11) is 0. The molecule has 1 aromatic carbocycles. The molecule has 1 aliphatic carbocycles. The Hall–Kier alpha value is -1.14. The van der Waals surface area contributed by atoms with Gasteiger partial charge in [0.05, 0.1) is 19.3 Å². The van der Waals surface area contributed by atoms with E-state index in [2.05, 4.69) is 34.1 Å². The molecule has 5 heteroatoms. The number of hydrogen-bond acceptors (Lipinski definition) is 5. The van der Waals surface area contributed by atoms with Crippen LogP contribution in [-0.4, -0.2) is 73.6 Å². The van der Waals surface area contributed by atoms with Gasteiger partial charge in [-0.15, -0.1) is 0 Å². The molecule has 0 spiro atoms. The molecule has 0 aromatic heterocycles. The van der Waals surface area contributed by atoms with Crippen LogP contribution in [0.15, 0.2) is 24.3 Å². The van der Waals surface area contributed by atoms with Crippen molar-refractivity contribution in [3.8, 4) is 5.75 Å². The molecule has 5 nitrogen and oxygen atoms in total. The van der Waals surface area contributed by atoms with E-state index in [9.17, 15) is 5.11 Å². The fourth-order valence-corrected chi connectivity index (χ4v) is 4.82. The van der Waals surface area contributed by atoms with Crippen molar-refractivity contribution in [1.82, 2.24) is 9.80 Å². The third-order valence-electron chi connectivity index (χ3n) is 6.42. The minimum Gasteiger partial charge on any atom is -0.490 e. The van der Waals surface area contributed by atoms with Crippen molar-refractivity contribution in [2.75, 3.05) is 52.5 Å². The molecule has 2 atom stereocenters. The molecule has 150 valence electrons. The van der Waals surface area contributed by atoms with Crippen molar-refractivity contribution in [2.24, 2.45) is 11.8 Å². The minimum atomic E-state index is 0.291. The van der Waals surface area contributed by atoms with Gasteiger partial charge >= 0.3 is 0 Å². The Kier molecular flexibility index (Phi) is 6.66. The number of rotatable bonds is 7. The summed E-state index contributed by atoms with van der Waals surface area (Å²) >= 11 is 0. The van der Waals surface area contributed by atoms with Crippen LogP contribution in [0.4, 0.5) is 0 Å². The highest BCUT2D eigenvalue weighted by molar-refractivity contribution is 5.27. The number of ether oxygens (including phenoxy) is 2. The maximum atomic E-state index is 9.84. The van der Waals surface area contributed by atoms with Crippen molar-refractivity contribution in [3.63, 3.8) is 0 Å². The first-order chi connectivity index (χ1) is 13.3. The zero-order chi connectivity index (χ0) is 18.5. The van der Waals surface area contributed by atoms with Crippen LogP contribution < -0.4 is 4.74 Å². The third-order valence-corrected chi connectivity index (χ3v) is 6.42. The summed E-state index contributed by atoms with van der Waals surface area (Å²) in [5.74, 6) is 1.95. The lowest BCUT2D eigenvalue weighted by atomic mass is 9.96. The maximum Gasteiger partial charge on any atom is 0.119 e. The van der Waals surface area contributed by atoms with Crippen molar-refractivity contribution in [3.05, 3.63) is 29.8 Å². The monoisotopic (exact) mass is 374 g/mol. The van der Waals surface area contributed by atoms with E-state index in [1.54, 1.807) is 0 Å². The Balaban J connectivity index is 1.28. The number of morpholine rings is 1. The topological polar surface area (TPSA) is 45.2 Å². The lowest BCUT2D eigenvalue weighted by molar-refractivity contribution is 0.0264. The Morgan fingerprint density at radius 2 is 1.67 bits per heavy atom. The molecule has 1 aromatic rings. The van der Waals surface area contributed by atoms with E-state index in [-0.39, 0.29) is 0 Å². The summed E-state index contributed by atoms with van der Waals surface area (Å²) in [6.07, 6.45) is 5.41. The number of hydrogen-bond donors (Lipinski definition) is 1. The Bertz CT molecular complexity index is 567. The average Bonchev–Trinajstić information content (AvgIpc) is 3.34. The summed E-state index contributed by atoms with van der Waals surface area (Å²) < 4.78 is 11.5. The van der Waals surface area contributed by atoms with Gasteiger partial charge in [-0.2, -0.15) is 0 Å². The van der Waals surface area contributed by atoms with E-state index in [4.69, 9.17) is 9.47 Å². The summed E-state index contributed by atoms with van der Waals surface area (Å²) in [6.45, 7) is 8.13. The van der Waals surface area contributed by atoms with Gasteiger partial charge < -0.3 is 14.6 Å². The second-order valence-electron chi connectivity index (χ2n) is 8.48. The molecule has 2 heterocycles. The first-order valence-electron chi connectivity index (χ1n) is 10.7. The highest BCUT2D eigenvalue weighted by Gasteiger charge is 2.33. The van der Waals surface area contributed by atoms with Crippen LogP contribution in [0.5, 0.6) is 5.75 Å². The lowest BCUT2D eigenvalue weighted by Gasteiger charge is -2.30. The highest BCUT2D eigenvalue weighted by atomic mass is 16.5. The molecule has 3 fully saturated rings. The molecule has 27 heavy (non-hydrogen) atoms. The second-order valence-corrected chi connectivity index (χ2v) is 8.48. The largest absolute Gasteiger partial charge is 0.490 e. The van der Waals surface area contributed by atoms with E-state index < -0.39 is 0 Å². The first-order valence-corrected chi connectivity index (χ1v) is 10.7. The molecule has 3 aliphatic rings. The number of aliphatic hydroxyl groups excluding tert-OH is 1. The average molecular weight is 375 g/mol. The predicted octanol–water partition coefficient (Wildman–Crippen LogP) is 2.38. The van der Waals surface area contributed by atoms with Gasteiger partial charge in [0.1, 0.15) is 5.75 Å². The van der Waals surface area contributed by atoms with Crippen LogP contribution >= 0.6 is 0 Å². The molecule has 0 bridgehead atoms. The fraction of sp³-hybridized carbons (Fsp3) is 0.727. The van der Waals surface area contributed by atoms with Gasteiger partial charge in [0.2, 0.25) is 0 Å². The molecule has 1 saturated carbocycles. The van der Waals surface area contributed by atoms with Gasteiger partial charge in [-0.1, -0.05) is 12.1 Å². The van der Waals surface area contributed by atoms with Gasteiger partial charge in [0, 0.05) is 45.9 Å². The molecule has 0 amide bonds. The van der Waals surface area contributed by atoms with Gasteiger partial charge in [-0.3, -0.25) is 9.80 Å². The lowest BCUT2D eigenvalue weighted by Crippen LogP contribution is -2.41. The van der Waals surface area contributed by atoms with Gasteiger partial charge in [-0.25, -0.2) is 0 Å². The predicted molar refractivity (Wildman–Crippen MR) is 106 cm³/mol. The number of aliphatic hydroxyl groups is 1. The van der Waals surface area contributed by atoms with Crippen molar-refractivity contribution in [1.29, 1.82) is 0 Å². The van der Waals surface area contributed by atoms with Crippen LogP contribution in [0.3, 0.4) is 0 Å². The summed E-state index contributed by atoms with van der Waals surface area (Å²) in [5, 5.41) is 9.84. The van der Waals surface area contributed by atoms with Crippen molar-refractivity contribution in [2.45, 2.75) is 38.3 Å². The quantitative estimate of drug-likeness (QED) is 0.794. The maximum absolute atomic E-state index is 9.84. The normalized spacial score (nSPS) is 28.0. The van der Waals surface area contributed by atoms with Crippen LogP contribution in [0, 0.1) is 11.8 Å². The first kappa shape index (κ1) is 19.2. The number of nitrogens with zero attached hydrogens (tertiary/aromatic N) is 2. The molecule has 0 unspecified atom stereocenters. The minimum absolute atomic E-state index is 0.291. The smallest absolute Gasteiger partial charge is 0.119 e.